The van der Waals surface area contributed by atoms with Crippen molar-refractivity contribution in [1.82, 2.24) is 0 Å². The van der Waals surface area contributed by atoms with Gasteiger partial charge in [0.05, 0.1) is 48.7 Å². The van der Waals surface area contributed by atoms with Crippen LogP contribution in [0.3, 0.4) is 0 Å². The van der Waals surface area contributed by atoms with E-state index in [2.05, 4.69) is 140 Å². The molecule has 3 aromatic rings. The van der Waals surface area contributed by atoms with Gasteiger partial charge in [-0.05, 0) is 194 Å². The molecule has 0 aromatic heterocycles. The lowest BCUT2D eigenvalue weighted by Crippen LogP contribution is -2.53. The lowest BCUT2D eigenvalue weighted by molar-refractivity contribution is -0.114. The van der Waals surface area contributed by atoms with E-state index in [9.17, 15) is 0 Å². The van der Waals surface area contributed by atoms with E-state index < -0.39 is 0 Å². The maximum Gasteiger partial charge on any atom is 0.136 e. The fourth-order valence-electron chi connectivity index (χ4n) is 16.1. The van der Waals surface area contributed by atoms with Gasteiger partial charge in [-0.1, -0.05) is 103 Å². The van der Waals surface area contributed by atoms with Crippen LogP contribution in [0.25, 0.3) is 0 Å². The standard InChI is InChI=1S/C62H78O4/c1-59(2)47-25-21-43(51(59)31-47)35-63-55-15-11-9-13-39(55)17-19-41-29-58(66-38-46-24-28-50-34-54(46)62(50,7)8)42(30-57(41)65-37-45-23-27-49-33-53(45)61(49,5)6)20-18-40-14-10-12-16-56(40)64-36-44-22-26-48-32-52(44)60(48,3)4/h9-16,29-30,43-54H,21-28,31-38H2,1-8H3/t43-,44-,45-,46-,47+,48+,49+,50+,51-,52-,53-,54-/m0/s1. The molecule has 66 heavy (non-hydrogen) atoms. The van der Waals surface area contributed by atoms with Crippen LogP contribution < -0.4 is 18.9 Å². The molecular formula is C62H78O4. The molecule has 15 rings (SSSR count). The topological polar surface area (TPSA) is 36.9 Å². The van der Waals surface area contributed by atoms with Crippen LogP contribution >= 0.6 is 0 Å². The van der Waals surface area contributed by atoms with Gasteiger partial charge in [0, 0.05) is 12.1 Å². The second kappa shape index (κ2) is 16.9. The summed E-state index contributed by atoms with van der Waals surface area (Å²) in [6.45, 7) is 22.7. The van der Waals surface area contributed by atoms with Gasteiger partial charge in [0.1, 0.15) is 23.0 Å². The molecule has 12 saturated carbocycles. The molecule has 4 nitrogen and oxygen atoms in total. The summed E-state index contributed by atoms with van der Waals surface area (Å²) in [6.07, 6.45) is 15.6. The van der Waals surface area contributed by atoms with Gasteiger partial charge in [0.15, 0.2) is 0 Å². The second-order valence-electron chi connectivity index (χ2n) is 25.4. The van der Waals surface area contributed by atoms with Crippen molar-refractivity contribution < 1.29 is 18.9 Å². The number of para-hydroxylation sites is 2. The zero-order valence-corrected chi connectivity index (χ0v) is 41.6. The summed E-state index contributed by atoms with van der Waals surface area (Å²) >= 11 is 0. The molecule has 12 fully saturated rings. The smallest absolute Gasteiger partial charge is 0.136 e. The number of hydrogen-bond acceptors (Lipinski definition) is 4. The summed E-state index contributed by atoms with van der Waals surface area (Å²) in [4.78, 5) is 0. The first-order valence-corrected chi connectivity index (χ1v) is 26.6. The predicted octanol–water partition coefficient (Wildman–Crippen LogP) is 14.3. The molecule has 0 spiro atoms. The molecule has 0 heterocycles. The average Bonchev–Trinajstić information content (AvgIpc) is 3.33. The fraction of sp³-hybridized carbons (Fsp3) is 0.645. The number of ether oxygens (including phenoxy) is 4. The molecule has 0 saturated heterocycles. The van der Waals surface area contributed by atoms with E-state index in [1.54, 1.807) is 0 Å². The third kappa shape index (κ3) is 7.76. The van der Waals surface area contributed by atoms with Gasteiger partial charge in [-0.25, -0.2) is 0 Å². The molecule has 12 aliphatic carbocycles. The first-order valence-electron chi connectivity index (χ1n) is 26.6. The SMILES string of the molecule is CC1(C)[C@@H]2CC[C@@H](COc3ccccc3C#Cc3cc(OC[C@@H]4CC[C@@H]5C[C@@H]4C5(C)C)c(C#Cc4ccccc4OC[C@@H]4CC[C@@H]5C[C@@H]4C5(C)C)cc3OC[C@@H]3CC[C@@H]4C[C@@H]3C4(C)C)[C@@H]1C2. The van der Waals surface area contributed by atoms with Crippen molar-refractivity contribution in [3.05, 3.63) is 82.9 Å². The highest BCUT2D eigenvalue weighted by Gasteiger charge is 2.57. The molecule has 0 unspecified atom stereocenters. The van der Waals surface area contributed by atoms with Gasteiger partial charge in [-0.15, -0.1) is 0 Å². The summed E-state index contributed by atoms with van der Waals surface area (Å²) in [5.41, 5.74) is 5.18. The van der Waals surface area contributed by atoms with Gasteiger partial charge in [-0.2, -0.15) is 0 Å². The molecule has 0 aliphatic heterocycles. The molecule has 12 atom stereocenters. The van der Waals surface area contributed by atoms with E-state index in [4.69, 9.17) is 18.9 Å². The lowest BCUT2D eigenvalue weighted by Gasteiger charge is -2.60. The molecule has 4 heteroatoms. The Labute approximate surface area is 398 Å². The normalized spacial score (nSPS) is 35.0. The number of benzene rings is 3. The third-order valence-electron chi connectivity index (χ3n) is 21.3. The van der Waals surface area contributed by atoms with Gasteiger partial charge in [-0.3, -0.25) is 0 Å². The van der Waals surface area contributed by atoms with Crippen molar-refractivity contribution >= 4 is 0 Å². The Balaban J connectivity index is 0.911. The first kappa shape index (κ1) is 44.5. The highest BCUT2D eigenvalue weighted by Crippen LogP contribution is 2.64. The summed E-state index contributed by atoms with van der Waals surface area (Å²) in [5, 5.41) is 0. The molecule has 350 valence electrons. The van der Waals surface area contributed by atoms with E-state index >= 15 is 0 Å². The van der Waals surface area contributed by atoms with Crippen molar-refractivity contribution in [2.75, 3.05) is 26.4 Å². The Hall–Kier alpha value is -4.02. The van der Waals surface area contributed by atoms with Crippen molar-refractivity contribution in [2.45, 2.75) is 132 Å². The molecule has 8 bridgehead atoms. The van der Waals surface area contributed by atoms with Crippen LogP contribution in [0.15, 0.2) is 60.7 Å². The fourth-order valence-corrected chi connectivity index (χ4v) is 16.1. The van der Waals surface area contributed by atoms with Crippen LogP contribution in [0.5, 0.6) is 23.0 Å². The molecular weight excluding hydrogens is 809 g/mol. The maximum absolute atomic E-state index is 7.02. The highest BCUT2D eigenvalue weighted by atomic mass is 16.5. The van der Waals surface area contributed by atoms with Crippen molar-refractivity contribution in [3.8, 4) is 46.7 Å². The summed E-state index contributed by atoms with van der Waals surface area (Å²) < 4.78 is 27.4. The van der Waals surface area contributed by atoms with Gasteiger partial charge >= 0.3 is 0 Å². The zero-order chi connectivity index (χ0) is 45.6. The van der Waals surface area contributed by atoms with Gasteiger partial charge < -0.3 is 18.9 Å². The molecule has 0 amide bonds. The van der Waals surface area contributed by atoms with E-state index in [0.29, 0.717) is 70.4 Å². The summed E-state index contributed by atoms with van der Waals surface area (Å²) in [7, 11) is 0. The van der Waals surface area contributed by atoms with E-state index in [1.807, 2.05) is 0 Å². The molecule has 3 aromatic carbocycles. The highest BCUT2D eigenvalue weighted by molar-refractivity contribution is 5.62. The minimum absolute atomic E-state index is 0.387. The Morgan fingerprint density at radius 3 is 0.924 bits per heavy atom. The largest absolute Gasteiger partial charge is 0.492 e. The van der Waals surface area contributed by atoms with Crippen molar-refractivity contribution in [3.63, 3.8) is 0 Å². The quantitative estimate of drug-likeness (QED) is 0.170. The monoisotopic (exact) mass is 887 g/mol. The minimum atomic E-state index is 0.387. The Kier molecular flexibility index (Phi) is 11.4. The van der Waals surface area contributed by atoms with Gasteiger partial charge in [0.25, 0.3) is 0 Å². The first-order chi connectivity index (χ1) is 31.7. The zero-order valence-electron chi connectivity index (χ0n) is 41.6. The summed E-state index contributed by atoms with van der Waals surface area (Å²) in [6, 6.07) is 21.0. The van der Waals surface area contributed by atoms with Crippen LogP contribution in [-0.4, -0.2) is 26.4 Å². The van der Waals surface area contributed by atoms with Crippen LogP contribution in [0.2, 0.25) is 0 Å². The number of fused-ring (bicyclic) bond motifs is 8. The second-order valence-corrected chi connectivity index (χ2v) is 25.4. The predicted molar refractivity (Wildman–Crippen MR) is 266 cm³/mol. The third-order valence-corrected chi connectivity index (χ3v) is 21.3. The maximum atomic E-state index is 7.02. The Morgan fingerprint density at radius 2 is 0.636 bits per heavy atom. The van der Waals surface area contributed by atoms with Crippen LogP contribution in [0.1, 0.15) is 155 Å². The minimum Gasteiger partial charge on any atom is -0.492 e. The van der Waals surface area contributed by atoms with Crippen LogP contribution in [-0.2, 0) is 0 Å². The van der Waals surface area contributed by atoms with Crippen molar-refractivity contribution in [2.24, 2.45) is 92.7 Å². The average molecular weight is 887 g/mol. The van der Waals surface area contributed by atoms with Gasteiger partial charge in [0.2, 0.25) is 0 Å². The Morgan fingerprint density at radius 1 is 0.364 bits per heavy atom. The van der Waals surface area contributed by atoms with E-state index in [-0.39, 0.29) is 0 Å². The van der Waals surface area contributed by atoms with E-state index in [0.717, 1.165) is 94.0 Å². The molecule has 0 radical (unpaired) electrons. The lowest BCUT2D eigenvalue weighted by atomic mass is 9.46. The number of rotatable bonds is 12. The molecule has 12 aliphatic rings. The van der Waals surface area contributed by atoms with E-state index in [1.165, 1.54) is 77.0 Å². The molecule has 0 N–H and O–H groups in total. The van der Waals surface area contributed by atoms with Crippen LogP contribution in [0.4, 0.5) is 0 Å². The Bertz CT molecular complexity index is 2250. The number of hydrogen-bond donors (Lipinski definition) is 0. The van der Waals surface area contributed by atoms with Crippen LogP contribution in [0, 0.1) is 116 Å². The summed E-state index contributed by atoms with van der Waals surface area (Å²) in [5.74, 6) is 26.4. The van der Waals surface area contributed by atoms with Crippen molar-refractivity contribution in [1.29, 1.82) is 0 Å².